The first kappa shape index (κ1) is 12.2. The molecule has 0 bridgehead atoms. The second-order valence-electron chi connectivity index (χ2n) is 3.32. The van der Waals surface area contributed by atoms with Crippen LogP contribution in [0.2, 0.25) is 5.15 Å². The summed E-state index contributed by atoms with van der Waals surface area (Å²) >= 11 is 5.94. The Hall–Kier alpha value is -0.870. The van der Waals surface area contributed by atoms with Crippen LogP contribution in [0.15, 0.2) is 0 Å². The quantitative estimate of drug-likeness (QED) is 0.621. The van der Waals surface area contributed by atoms with Gasteiger partial charge in [0.05, 0.1) is 0 Å². The number of rotatable bonds is 5. The van der Waals surface area contributed by atoms with Crippen LogP contribution >= 0.6 is 11.6 Å². The maximum absolute atomic E-state index is 5.94. The molecule has 0 aliphatic heterocycles. The summed E-state index contributed by atoms with van der Waals surface area (Å²) < 4.78 is 4.94. The number of halogens is 1. The van der Waals surface area contributed by atoms with Gasteiger partial charge in [0.25, 0.3) is 0 Å². The van der Waals surface area contributed by atoms with Gasteiger partial charge in [-0.25, -0.2) is 9.97 Å². The van der Waals surface area contributed by atoms with Crippen LogP contribution in [0.3, 0.4) is 0 Å². The Morgan fingerprint density at radius 1 is 1.33 bits per heavy atom. The Morgan fingerprint density at radius 2 is 2.07 bits per heavy atom. The standard InChI is InChI=1S/C10H16ClN3O/c1-7-8(2)13-10(14-9(7)11)12-5-4-6-15-3/h4-6H2,1-3H3,(H,12,13,14). The van der Waals surface area contributed by atoms with E-state index in [2.05, 4.69) is 15.3 Å². The molecule has 0 aliphatic rings. The van der Waals surface area contributed by atoms with E-state index in [0.29, 0.717) is 11.1 Å². The summed E-state index contributed by atoms with van der Waals surface area (Å²) in [6.45, 7) is 5.34. The lowest BCUT2D eigenvalue weighted by atomic mass is 10.3. The molecule has 0 aromatic carbocycles. The third-order valence-corrected chi connectivity index (χ3v) is 2.51. The van der Waals surface area contributed by atoms with Crippen LogP contribution in [0, 0.1) is 13.8 Å². The topological polar surface area (TPSA) is 47.0 Å². The van der Waals surface area contributed by atoms with E-state index < -0.39 is 0 Å². The molecule has 1 heterocycles. The fraction of sp³-hybridized carbons (Fsp3) is 0.600. The van der Waals surface area contributed by atoms with Crippen molar-refractivity contribution in [3.63, 3.8) is 0 Å². The first-order chi connectivity index (χ1) is 7.15. The van der Waals surface area contributed by atoms with Crippen molar-refractivity contribution >= 4 is 17.5 Å². The summed E-state index contributed by atoms with van der Waals surface area (Å²) in [6, 6.07) is 0. The van der Waals surface area contributed by atoms with E-state index in [4.69, 9.17) is 16.3 Å². The molecule has 1 aromatic heterocycles. The monoisotopic (exact) mass is 229 g/mol. The summed E-state index contributed by atoms with van der Waals surface area (Å²) in [5.74, 6) is 0.583. The lowest BCUT2D eigenvalue weighted by Gasteiger charge is -2.07. The van der Waals surface area contributed by atoms with Crippen LogP contribution < -0.4 is 5.32 Å². The summed E-state index contributed by atoms with van der Waals surface area (Å²) in [5, 5.41) is 3.61. The molecule has 0 fully saturated rings. The van der Waals surface area contributed by atoms with Crippen molar-refractivity contribution in [1.29, 1.82) is 0 Å². The Bertz CT molecular complexity index is 307. The highest BCUT2D eigenvalue weighted by Crippen LogP contribution is 2.16. The van der Waals surface area contributed by atoms with Gasteiger partial charge in [-0.05, 0) is 20.3 Å². The van der Waals surface area contributed by atoms with Gasteiger partial charge in [0.15, 0.2) is 0 Å². The van der Waals surface area contributed by atoms with E-state index in [1.54, 1.807) is 7.11 Å². The normalized spacial score (nSPS) is 10.4. The average Bonchev–Trinajstić information content (AvgIpc) is 2.21. The number of hydrogen-bond donors (Lipinski definition) is 1. The number of anilines is 1. The zero-order chi connectivity index (χ0) is 11.3. The molecule has 1 N–H and O–H groups in total. The maximum Gasteiger partial charge on any atom is 0.224 e. The molecule has 0 aliphatic carbocycles. The van der Waals surface area contributed by atoms with Crippen molar-refractivity contribution in [2.45, 2.75) is 20.3 Å². The molecule has 0 saturated carbocycles. The number of aromatic nitrogens is 2. The van der Waals surface area contributed by atoms with Crippen LogP contribution in [0.4, 0.5) is 5.95 Å². The maximum atomic E-state index is 5.94. The predicted octanol–water partition coefficient (Wildman–Crippen LogP) is 2.20. The Morgan fingerprint density at radius 3 is 2.67 bits per heavy atom. The highest BCUT2D eigenvalue weighted by Gasteiger charge is 2.04. The third kappa shape index (κ3) is 3.64. The van der Waals surface area contributed by atoms with E-state index >= 15 is 0 Å². The number of nitrogens with one attached hydrogen (secondary N) is 1. The molecule has 15 heavy (non-hydrogen) atoms. The Labute approximate surface area is 95.0 Å². The molecule has 1 aromatic rings. The second kappa shape index (κ2) is 5.88. The minimum absolute atomic E-state index is 0.511. The van der Waals surface area contributed by atoms with Gasteiger partial charge in [0.1, 0.15) is 5.15 Å². The minimum Gasteiger partial charge on any atom is -0.385 e. The molecular weight excluding hydrogens is 214 g/mol. The number of aryl methyl sites for hydroxylation is 1. The first-order valence-electron chi connectivity index (χ1n) is 4.88. The summed E-state index contributed by atoms with van der Waals surface area (Å²) in [4.78, 5) is 8.42. The number of nitrogens with zero attached hydrogens (tertiary/aromatic N) is 2. The largest absolute Gasteiger partial charge is 0.385 e. The Balaban J connectivity index is 2.55. The molecule has 0 amide bonds. The Kier molecular flexibility index (Phi) is 4.78. The van der Waals surface area contributed by atoms with Crippen molar-refractivity contribution in [2.24, 2.45) is 0 Å². The van der Waals surface area contributed by atoms with Crippen molar-refractivity contribution < 1.29 is 4.74 Å². The molecule has 0 saturated heterocycles. The van der Waals surface area contributed by atoms with Gasteiger partial charge in [0, 0.05) is 31.5 Å². The third-order valence-electron chi connectivity index (χ3n) is 2.14. The van der Waals surface area contributed by atoms with Crippen LogP contribution in [0.5, 0.6) is 0 Å². The smallest absolute Gasteiger partial charge is 0.224 e. The number of hydrogen-bond acceptors (Lipinski definition) is 4. The van der Waals surface area contributed by atoms with Crippen molar-refractivity contribution in [2.75, 3.05) is 25.6 Å². The molecule has 0 spiro atoms. The first-order valence-corrected chi connectivity index (χ1v) is 5.26. The van der Waals surface area contributed by atoms with Gasteiger partial charge in [-0.3, -0.25) is 0 Å². The fourth-order valence-electron chi connectivity index (χ4n) is 1.09. The molecule has 5 heteroatoms. The van der Waals surface area contributed by atoms with E-state index in [0.717, 1.165) is 30.8 Å². The van der Waals surface area contributed by atoms with Crippen molar-refractivity contribution in [1.82, 2.24) is 9.97 Å². The minimum atomic E-state index is 0.511. The molecule has 84 valence electrons. The lowest BCUT2D eigenvalue weighted by Crippen LogP contribution is -2.09. The molecule has 0 radical (unpaired) electrons. The van der Waals surface area contributed by atoms with Gasteiger partial charge < -0.3 is 10.1 Å². The summed E-state index contributed by atoms with van der Waals surface area (Å²) in [7, 11) is 1.68. The molecule has 0 atom stereocenters. The van der Waals surface area contributed by atoms with Gasteiger partial charge >= 0.3 is 0 Å². The number of ether oxygens (including phenoxy) is 1. The highest BCUT2D eigenvalue weighted by atomic mass is 35.5. The van der Waals surface area contributed by atoms with E-state index in [1.807, 2.05) is 13.8 Å². The van der Waals surface area contributed by atoms with Gasteiger partial charge in [-0.1, -0.05) is 11.6 Å². The zero-order valence-corrected chi connectivity index (χ0v) is 10.1. The van der Waals surface area contributed by atoms with E-state index in [-0.39, 0.29) is 0 Å². The molecule has 4 nitrogen and oxygen atoms in total. The van der Waals surface area contributed by atoms with Gasteiger partial charge in [-0.15, -0.1) is 0 Å². The van der Waals surface area contributed by atoms with Gasteiger partial charge in [-0.2, -0.15) is 0 Å². The van der Waals surface area contributed by atoms with Gasteiger partial charge in [0.2, 0.25) is 5.95 Å². The SMILES string of the molecule is COCCCNc1nc(C)c(C)c(Cl)n1. The highest BCUT2D eigenvalue weighted by molar-refractivity contribution is 6.30. The van der Waals surface area contributed by atoms with Crippen molar-refractivity contribution in [3.8, 4) is 0 Å². The zero-order valence-electron chi connectivity index (χ0n) is 9.30. The van der Waals surface area contributed by atoms with Crippen LogP contribution in [-0.2, 0) is 4.74 Å². The van der Waals surface area contributed by atoms with E-state index in [9.17, 15) is 0 Å². The summed E-state index contributed by atoms with van der Waals surface area (Å²) in [5.41, 5.74) is 1.84. The molecule has 0 unspecified atom stereocenters. The predicted molar refractivity (Wildman–Crippen MR) is 61.5 cm³/mol. The van der Waals surface area contributed by atoms with Crippen LogP contribution in [0.1, 0.15) is 17.7 Å². The average molecular weight is 230 g/mol. The molecular formula is C10H16ClN3O. The lowest BCUT2D eigenvalue weighted by molar-refractivity contribution is 0.197. The van der Waals surface area contributed by atoms with Crippen LogP contribution in [-0.4, -0.2) is 30.2 Å². The number of methoxy groups -OCH3 is 1. The fourth-order valence-corrected chi connectivity index (χ4v) is 1.31. The van der Waals surface area contributed by atoms with Crippen molar-refractivity contribution in [3.05, 3.63) is 16.4 Å². The second-order valence-corrected chi connectivity index (χ2v) is 3.68. The van der Waals surface area contributed by atoms with E-state index in [1.165, 1.54) is 0 Å². The van der Waals surface area contributed by atoms with Crippen LogP contribution in [0.25, 0.3) is 0 Å². The molecule has 1 rings (SSSR count). The summed E-state index contributed by atoms with van der Waals surface area (Å²) in [6.07, 6.45) is 0.921.